The second-order valence-electron chi connectivity index (χ2n) is 5.42. The van der Waals surface area contributed by atoms with E-state index in [0.29, 0.717) is 24.6 Å². The third-order valence-electron chi connectivity index (χ3n) is 3.04. The van der Waals surface area contributed by atoms with Crippen LogP contribution in [0.25, 0.3) is 6.08 Å². The molecule has 1 aromatic rings. The SMILES string of the molecule is CC(C)OCCCNC(=O)C(C#N)C(=O)/C=C/c1cccc(Cl)c1. The number of rotatable bonds is 9. The topological polar surface area (TPSA) is 79.2 Å². The summed E-state index contributed by atoms with van der Waals surface area (Å²) in [5.41, 5.74) is 0.721. The Balaban J connectivity index is 2.51. The molecule has 1 rings (SSSR count). The van der Waals surface area contributed by atoms with Crippen LogP contribution in [0.5, 0.6) is 0 Å². The maximum Gasteiger partial charge on any atom is 0.245 e. The van der Waals surface area contributed by atoms with Gasteiger partial charge in [0.2, 0.25) is 5.91 Å². The number of ketones is 1. The molecule has 0 aliphatic carbocycles. The molecule has 1 unspecified atom stereocenters. The molecule has 24 heavy (non-hydrogen) atoms. The number of nitriles is 1. The Morgan fingerprint density at radius 2 is 2.17 bits per heavy atom. The number of benzene rings is 1. The van der Waals surface area contributed by atoms with Crippen molar-refractivity contribution in [1.29, 1.82) is 5.26 Å². The van der Waals surface area contributed by atoms with Gasteiger partial charge in [0.1, 0.15) is 0 Å². The predicted octanol–water partition coefficient (Wildman–Crippen LogP) is 2.99. The molecule has 0 bridgehead atoms. The average molecular weight is 349 g/mol. The fourth-order valence-corrected chi connectivity index (χ4v) is 2.04. The van der Waals surface area contributed by atoms with Gasteiger partial charge in [-0.2, -0.15) is 5.26 Å². The van der Waals surface area contributed by atoms with Crippen molar-refractivity contribution >= 4 is 29.4 Å². The van der Waals surface area contributed by atoms with Gasteiger partial charge >= 0.3 is 0 Å². The quantitative estimate of drug-likeness (QED) is 0.422. The van der Waals surface area contributed by atoms with Crippen molar-refractivity contribution in [1.82, 2.24) is 5.32 Å². The molecule has 1 N–H and O–H groups in total. The van der Waals surface area contributed by atoms with Crippen LogP contribution in [0.2, 0.25) is 5.02 Å². The molecular weight excluding hydrogens is 328 g/mol. The molecule has 128 valence electrons. The molecule has 1 amide bonds. The molecular formula is C18H21ClN2O3. The zero-order chi connectivity index (χ0) is 17.9. The average Bonchev–Trinajstić information content (AvgIpc) is 2.53. The van der Waals surface area contributed by atoms with E-state index in [0.717, 1.165) is 5.56 Å². The molecule has 1 atom stereocenters. The first kappa shape index (κ1) is 19.9. The van der Waals surface area contributed by atoms with Crippen LogP contribution >= 0.6 is 11.6 Å². The monoisotopic (exact) mass is 348 g/mol. The molecule has 0 aliphatic rings. The van der Waals surface area contributed by atoms with E-state index >= 15 is 0 Å². The fraction of sp³-hybridized carbons (Fsp3) is 0.389. The Bertz CT molecular complexity index is 635. The third-order valence-corrected chi connectivity index (χ3v) is 3.27. The summed E-state index contributed by atoms with van der Waals surface area (Å²) in [6.45, 7) is 4.72. The van der Waals surface area contributed by atoms with E-state index < -0.39 is 17.6 Å². The van der Waals surface area contributed by atoms with E-state index in [9.17, 15) is 9.59 Å². The number of allylic oxidation sites excluding steroid dienone is 1. The minimum absolute atomic E-state index is 0.130. The minimum Gasteiger partial charge on any atom is -0.379 e. The molecule has 5 nitrogen and oxygen atoms in total. The first-order valence-electron chi connectivity index (χ1n) is 7.70. The van der Waals surface area contributed by atoms with E-state index in [4.69, 9.17) is 21.6 Å². The lowest BCUT2D eigenvalue weighted by molar-refractivity contribution is -0.129. The van der Waals surface area contributed by atoms with E-state index in [1.54, 1.807) is 30.3 Å². The van der Waals surface area contributed by atoms with Gasteiger partial charge in [-0.25, -0.2) is 0 Å². The number of halogens is 1. The molecule has 0 fully saturated rings. The van der Waals surface area contributed by atoms with Gasteiger partial charge in [0.05, 0.1) is 12.2 Å². The normalized spacial score (nSPS) is 12.1. The van der Waals surface area contributed by atoms with Gasteiger partial charge in [-0.3, -0.25) is 9.59 Å². The summed E-state index contributed by atoms with van der Waals surface area (Å²) in [6.07, 6.45) is 3.50. The third kappa shape index (κ3) is 7.40. The summed E-state index contributed by atoms with van der Waals surface area (Å²) in [5, 5.41) is 12.2. The van der Waals surface area contributed by atoms with Gasteiger partial charge in [-0.1, -0.05) is 29.8 Å². The van der Waals surface area contributed by atoms with Crippen LogP contribution in [-0.2, 0) is 14.3 Å². The van der Waals surface area contributed by atoms with E-state index in [1.165, 1.54) is 12.2 Å². The molecule has 0 aromatic heterocycles. The molecule has 0 spiro atoms. The molecule has 6 heteroatoms. The smallest absolute Gasteiger partial charge is 0.245 e. The molecule has 0 radical (unpaired) electrons. The first-order chi connectivity index (χ1) is 11.4. The maximum atomic E-state index is 12.0. The Morgan fingerprint density at radius 1 is 1.42 bits per heavy atom. The number of ether oxygens (including phenoxy) is 1. The lowest BCUT2D eigenvalue weighted by atomic mass is 10.0. The zero-order valence-corrected chi connectivity index (χ0v) is 14.5. The van der Waals surface area contributed by atoms with Gasteiger partial charge in [0, 0.05) is 18.2 Å². The highest BCUT2D eigenvalue weighted by Crippen LogP contribution is 2.12. The number of nitrogens with zero attached hydrogens (tertiary/aromatic N) is 1. The Morgan fingerprint density at radius 3 is 2.79 bits per heavy atom. The van der Waals surface area contributed by atoms with Crippen molar-refractivity contribution in [3.8, 4) is 6.07 Å². The Kier molecular flexibility index (Phi) is 8.77. The summed E-state index contributed by atoms with van der Waals surface area (Å²) >= 11 is 5.86. The van der Waals surface area contributed by atoms with E-state index in [-0.39, 0.29) is 6.10 Å². The highest BCUT2D eigenvalue weighted by Gasteiger charge is 2.23. The van der Waals surface area contributed by atoms with Crippen molar-refractivity contribution < 1.29 is 14.3 Å². The van der Waals surface area contributed by atoms with Gasteiger partial charge in [-0.05, 0) is 44.0 Å². The van der Waals surface area contributed by atoms with Gasteiger partial charge < -0.3 is 10.1 Å². The van der Waals surface area contributed by atoms with E-state index in [2.05, 4.69) is 5.32 Å². The van der Waals surface area contributed by atoms with Gasteiger partial charge in [0.25, 0.3) is 0 Å². The van der Waals surface area contributed by atoms with Crippen LogP contribution < -0.4 is 5.32 Å². The van der Waals surface area contributed by atoms with Crippen LogP contribution in [0.15, 0.2) is 30.3 Å². The molecule has 1 aromatic carbocycles. The molecule has 0 aliphatic heterocycles. The summed E-state index contributed by atoms with van der Waals surface area (Å²) in [5.74, 6) is -2.51. The van der Waals surface area contributed by atoms with Crippen molar-refractivity contribution in [2.75, 3.05) is 13.2 Å². The number of hydrogen-bond donors (Lipinski definition) is 1. The molecule has 0 saturated carbocycles. The summed E-state index contributed by atoms with van der Waals surface area (Å²) < 4.78 is 5.35. The minimum atomic E-state index is -1.36. The predicted molar refractivity (Wildman–Crippen MR) is 93.3 cm³/mol. The summed E-state index contributed by atoms with van der Waals surface area (Å²) in [6, 6.07) is 8.66. The number of amides is 1. The van der Waals surface area contributed by atoms with Crippen LogP contribution in [0, 0.1) is 17.2 Å². The van der Waals surface area contributed by atoms with Crippen LogP contribution in [0.4, 0.5) is 0 Å². The molecule has 0 saturated heterocycles. The first-order valence-corrected chi connectivity index (χ1v) is 8.08. The van der Waals surface area contributed by atoms with Crippen molar-refractivity contribution in [2.45, 2.75) is 26.4 Å². The lowest BCUT2D eigenvalue weighted by Crippen LogP contribution is -2.35. The number of carbonyl (C=O) groups is 2. The summed E-state index contributed by atoms with van der Waals surface area (Å²) in [4.78, 5) is 24.0. The van der Waals surface area contributed by atoms with Crippen molar-refractivity contribution in [3.63, 3.8) is 0 Å². The van der Waals surface area contributed by atoms with Crippen molar-refractivity contribution in [2.24, 2.45) is 5.92 Å². The van der Waals surface area contributed by atoms with E-state index in [1.807, 2.05) is 13.8 Å². The maximum absolute atomic E-state index is 12.0. The van der Waals surface area contributed by atoms with Crippen LogP contribution in [0.3, 0.4) is 0 Å². The highest BCUT2D eigenvalue weighted by molar-refractivity contribution is 6.30. The second-order valence-corrected chi connectivity index (χ2v) is 5.85. The van der Waals surface area contributed by atoms with Crippen LogP contribution in [-0.4, -0.2) is 30.9 Å². The lowest BCUT2D eigenvalue weighted by Gasteiger charge is -2.09. The van der Waals surface area contributed by atoms with Crippen molar-refractivity contribution in [3.05, 3.63) is 40.9 Å². The second kappa shape index (κ2) is 10.6. The number of hydrogen-bond acceptors (Lipinski definition) is 4. The van der Waals surface area contributed by atoms with Gasteiger partial charge in [0.15, 0.2) is 11.7 Å². The largest absolute Gasteiger partial charge is 0.379 e. The van der Waals surface area contributed by atoms with Gasteiger partial charge in [-0.15, -0.1) is 0 Å². The number of nitrogens with one attached hydrogen (secondary N) is 1. The number of carbonyl (C=O) groups excluding carboxylic acids is 2. The highest BCUT2D eigenvalue weighted by atomic mass is 35.5. The summed E-state index contributed by atoms with van der Waals surface area (Å²) in [7, 11) is 0. The standard InChI is InChI=1S/C18H21ClN2O3/c1-13(2)24-10-4-9-21-18(23)16(12-20)17(22)8-7-14-5-3-6-15(19)11-14/h3,5-8,11,13,16H,4,9-10H2,1-2H3,(H,21,23)/b8-7+. The fourth-order valence-electron chi connectivity index (χ4n) is 1.84. The zero-order valence-electron chi connectivity index (χ0n) is 13.8. The Hall–Kier alpha value is -2.16. The molecule has 0 heterocycles. The Labute approximate surface area is 147 Å². The van der Waals surface area contributed by atoms with Crippen LogP contribution in [0.1, 0.15) is 25.8 Å².